The van der Waals surface area contributed by atoms with Crippen LogP contribution < -0.4 is 5.32 Å². The average Bonchev–Trinajstić information content (AvgIpc) is 3.02. The first-order valence-electron chi connectivity index (χ1n) is 8.32. The van der Waals surface area contributed by atoms with Crippen LogP contribution in [0.3, 0.4) is 0 Å². The van der Waals surface area contributed by atoms with Gasteiger partial charge in [-0.15, -0.1) is 0 Å². The quantitative estimate of drug-likeness (QED) is 0.468. The molecule has 0 aliphatic heterocycles. The lowest BCUT2D eigenvalue weighted by Crippen LogP contribution is -2.11. The Balaban J connectivity index is 1.69. The molecule has 0 saturated carbocycles. The summed E-state index contributed by atoms with van der Waals surface area (Å²) in [6, 6.07) is 12.8. The minimum atomic E-state index is -0.325. The predicted molar refractivity (Wildman–Crippen MR) is 107 cm³/mol. The molecule has 3 aromatic heterocycles. The first kappa shape index (κ1) is 18.4. The zero-order valence-corrected chi connectivity index (χ0v) is 15.9. The summed E-state index contributed by atoms with van der Waals surface area (Å²) in [5.74, 6) is -0.622. The molecule has 0 unspecified atom stereocenters. The molecule has 0 aliphatic rings. The summed E-state index contributed by atoms with van der Waals surface area (Å²) < 4.78 is 15.0. The van der Waals surface area contributed by atoms with Gasteiger partial charge in [0, 0.05) is 30.0 Å². The number of nitrogens with one attached hydrogen (secondary N) is 1. The van der Waals surface area contributed by atoms with Crippen molar-refractivity contribution in [2.75, 3.05) is 5.32 Å². The van der Waals surface area contributed by atoms with E-state index in [0.717, 1.165) is 5.56 Å². The highest BCUT2D eigenvalue weighted by Gasteiger charge is 2.17. The zero-order chi connectivity index (χ0) is 19.7. The summed E-state index contributed by atoms with van der Waals surface area (Å²) >= 11 is 11.8. The van der Waals surface area contributed by atoms with Crippen LogP contribution in [0.4, 0.5) is 10.1 Å². The Hall–Kier alpha value is -2.96. The van der Waals surface area contributed by atoms with Crippen LogP contribution in [0.25, 0.3) is 11.0 Å². The highest BCUT2D eigenvalue weighted by molar-refractivity contribution is 6.33. The largest absolute Gasteiger partial charge is 0.327 e. The summed E-state index contributed by atoms with van der Waals surface area (Å²) in [5.41, 5.74) is 2.44. The van der Waals surface area contributed by atoms with Gasteiger partial charge in [0.15, 0.2) is 0 Å². The van der Waals surface area contributed by atoms with Crippen LogP contribution >= 0.6 is 23.2 Å². The molecule has 1 aromatic carbocycles. The molecule has 5 nitrogen and oxygen atoms in total. The Kier molecular flexibility index (Phi) is 4.98. The lowest BCUT2D eigenvalue weighted by Gasteiger charge is -2.05. The van der Waals surface area contributed by atoms with Gasteiger partial charge in [0.25, 0.3) is 5.91 Å². The van der Waals surface area contributed by atoms with Crippen molar-refractivity contribution >= 4 is 45.8 Å². The van der Waals surface area contributed by atoms with Crippen LogP contribution in [-0.2, 0) is 6.54 Å². The number of hydrogen-bond donors (Lipinski definition) is 1. The average molecular weight is 415 g/mol. The molecule has 28 heavy (non-hydrogen) atoms. The van der Waals surface area contributed by atoms with Gasteiger partial charge in [0.2, 0.25) is 0 Å². The second-order valence-corrected chi connectivity index (χ2v) is 6.90. The molecule has 1 amide bonds. The number of pyridine rings is 2. The standard InChI is InChI=1S/C20H13Cl2FN4O/c21-17-8-14(9-18(22)26-17)25-20(28)16-11-27(19-15(16)2-1-7-24-19)10-12-3-5-13(23)6-4-12/h1-9,11H,10H2,(H,25,26,28). The first-order chi connectivity index (χ1) is 13.5. The third-order valence-corrected chi connectivity index (χ3v) is 4.55. The fourth-order valence-electron chi connectivity index (χ4n) is 2.95. The Bertz CT molecular complexity index is 1150. The smallest absolute Gasteiger partial charge is 0.257 e. The molecule has 0 saturated heterocycles. The number of carbonyl (C=O) groups is 1. The number of carbonyl (C=O) groups excluding carboxylic acids is 1. The normalized spacial score (nSPS) is 11.0. The van der Waals surface area contributed by atoms with Crippen LogP contribution in [0.1, 0.15) is 15.9 Å². The number of amides is 1. The molecule has 0 atom stereocenters. The van der Waals surface area contributed by atoms with Gasteiger partial charge in [0.05, 0.1) is 5.56 Å². The summed E-state index contributed by atoms with van der Waals surface area (Å²) in [6.07, 6.45) is 3.38. The summed E-state index contributed by atoms with van der Waals surface area (Å²) in [5, 5.41) is 3.85. The third-order valence-electron chi connectivity index (χ3n) is 4.17. The third kappa shape index (κ3) is 3.83. The van der Waals surface area contributed by atoms with Gasteiger partial charge in [-0.2, -0.15) is 0 Å². The van der Waals surface area contributed by atoms with Gasteiger partial charge >= 0.3 is 0 Å². The molecule has 0 spiro atoms. The Morgan fingerprint density at radius 1 is 1.11 bits per heavy atom. The van der Waals surface area contributed by atoms with Crippen LogP contribution in [0.15, 0.2) is 60.9 Å². The van der Waals surface area contributed by atoms with E-state index in [1.54, 1.807) is 30.6 Å². The van der Waals surface area contributed by atoms with E-state index in [4.69, 9.17) is 23.2 Å². The van der Waals surface area contributed by atoms with E-state index in [2.05, 4.69) is 15.3 Å². The second kappa shape index (κ2) is 7.58. The maximum absolute atomic E-state index is 13.2. The van der Waals surface area contributed by atoms with Crippen molar-refractivity contribution in [3.05, 3.63) is 88.2 Å². The maximum Gasteiger partial charge on any atom is 0.257 e. The number of halogens is 3. The maximum atomic E-state index is 13.2. The van der Waals surface area contributed by atoms with E-state index >= 15 is 0 Å². The number of benzene rings is 1. The lowest BCUT2D eigenvalue weighted by atomic mass is 10.2. The molecule has 1 N–H and O–H groups in total. The van der Waals surface area contributed by atoms with E-state index in [1.165, 1.54) is 24.3 Å². The van der Waals surface area contributed by atoms with Crippen molar-refractivity contribution in [1.29, 1.82) is 0 Å². The number of aromatic nitrogens is 3. The molecular weight excluding hydrogens is 402 g/mol. The Labute approximate surface area is 169 Å². The monoisotopic (exact) mass is 414 g/mol. The Morgan fingerprint density at radius 2 is 1.82 bits per heavy atom. The molecule has 0 fully saturated rings. The lowest BCUT2D eigenvalue weighted by molar-refractivity contribution is 0.102. The SMILES string of the molecule is O=C(Nc1cc(Cl)nc(Cl)c1)c1cn(Cc2ccc(F)cc2)c2ncccc12. The fourth-order valence-corrected chi connectivity index (χ4v) is 3.41. The van der Waals surface area contributed by atoms with Crippen molar-refractivity contribution in [3.63, 3.8) is 0 Å². The molecule has 0 bridgehead atoms. The van der Waals surface area contributed by atoms with Crippen molar-refractivity contribution in [3.8, 4) is 0 Å². The Morgan fingerprint density at radius 3 is 2.54 bits per heavy atom. The van der Waals surface area contributed by atoms with Crippen LogP contribution in [0.5, 0.6) is 0 Å². The van der Waals surface area contributed by atoms with Gasteiger partial charge in [-0.3, -0.25) is 4.79 Å². The molecule has 0 aliphatic carbocycles. The molecular formula is C20H13Cl2FN4O. The minimum absolute atomic E-state index is 0.184. The summed E-state index contributed by atoms with van der Waals surface area (Å²) in [7, 11) is 0. The summed E-state index contributed by atoms with van der Waals surface area (Å²) in [6.45, 7) is 0.452. The van der Waals surface area contributed by atoms with E-state index < -0.39 is 0 Å². The molecule has 4 aromatic rings. The molecule has 4 rings (SSSR count). The summed E-state index contributed by atoms with van der Waals surface area (Å²) in [4.78, 5) is 21.1. The molecule has 0 radical (unpaired) electrons. The van der Waals surface area contributed by atoms with Crippen LogP contribution in [0.2, 0.25) is 10.3 Å². The number of anilines is 1. The van der Waals surface area contributed by atoms with Crippen molar-refractivity contribution < 1.29 is 9.18 Å². The van der Waals surface area contributed by atoms with E-state index in [-0.39, 0.29) is 22.0 Å². The highest BCUT2D eigenvalue weighted by Crippen LogP contribution is 2.24. The first-order valence-corrected chi connectivity index (χ1v) is 9.08. The van der Waals surface area contributed by atoms with Crippen LogP contribution in [0, 0.1) is 5.82 Å². The van der Waals surface area contributed by atoms with Crippen molar-refractivity contribution in [1.82, 2.24) is 14.5 Å². The van der Waals surface area contributed by atoms with Gasteiger partial charge in [0.1, 0.15) is 21.8 Å². The second-order valence-electron chi connectivity index (χ2n) is 6.13. The number of nitrogens with zero attached hydrogens (tertiary/aromatic N) is 3. The van der Waals surface area contributed by atoms with Crippen molar-refractivity contribution in [2.24, 2.45) is 0 Å². The predicted octanol–water partition coefficient (Wildman–Crippen LogP) is 5.18. The number of hydrogen-bond acceptors (Lipinski definition) is 3. The molecule has 8 heteroatoms. The highest BCUT2D eigenvalue weighted by atomic mass is 35.5. The van der Waals surface area contributed by atoms with Gasteiger partial charge in [-0.1, -0.05) is 35.3 Å². The van der Waals surface area contributed by atoms with Gasteiger partial charge < -0.3 is 9.88 Å². The van der Waals surface area contributed by atoms with E-state index in [0.29, 0.717) is 28.8 Å². The van der Waals surface area contributed by atoms with E-state index in [9.17, 15) is 9.18 Å². The number of rotatable bonds is 4. The zero-order valence-electron chi connectivity index (χ0n) is 14.4. The number of fused-ring (bicyclic) bond motifs is 1. The topological polar surface area (TPSA) is 59.8 Å². The molecule has 3 heterocycles. The fraction of sp³-hybridized carbons (Fsp3) is 0.0500. The van der Waals surface area contributed by atoms with Gasteiger partial charge in [-0.25, -0.2) is 14.4 Å². The van der Waals surface area contributed by atoms with Crippen LogP contribution in [-0.4, -0.2) is 20.4 Å². The van der Waals surface area contributed by atoms with E-state index in [1.807, 2.05) is 10.6 Å². The van der Waals surface area contributed by atoms with Gasteiger partial charge in [-0.05, 0) is 42.0 Å². The van der Waals surface area contributed by atoms with Crippen molar-refractivity contribution in [2.45, 2.75) is 6.54 Å². The molecule has 140 valence electrons. The minimum Gasteiger partial charge on any atom is -0.327 e.